The van der Waals surface area contributed by atoms with E-state index in [1.165, 1.54) is 24.3 Å². The van der Waals surface area contributed by atoms with Gasteiger partial charge in [0.15, 0.2) is 0 Å². The van der Waals surface area contributed by atoms with Gasteiger partial charge in [-0.1, -0.05) is 0 Å². The van der Waals surface area contributed by atoms with Crippen molar-refractivity contribution in [3.05, 3.63) is 94.9 Å². The van der Waals surface area contributed by atoms with Crippen molar-refractivity contribution in [3.63, 3.8) is 0 Å². The van der Waals surface area contributed by atoms with Crippen LogP contribution in [0.15, 0.2) is 59.2 Å². The van der Waals surface area contributed by atoms with Gasteiger partial charge < -0.3 is 0 Å². The van der Waals surface area contributed by atoms with E-state index in [0.717, 1.165) is 12.1 Å². The van der Waals surface area contributed by atoms with Gasteiger partial charge in [0.05, 0.1) is 0 Å². The molecule has 1 aliphatic heterocycles. The van der Waals surface area contributed by atoms with Crippen LogP contribution in [0.5, 0.6) is 0 Å². The molecule has 200 valence electrons. The van der Waals surface area contributed by atoms with Gasteiger partial charge in [0.25, 0.3) is 0 Å². The number of alkyl halides is 1. The van der Waals surface area contributed by atoms with Crippen LogP contribution >= 0.6 is 22.6 Å². The van der Waals surface area contributed by atoms with Gasteiger partial charge >= 0.3 is 238 Å². The fourth-order valence-electron chi connectivity index (χ4n) is 4.82. The third-order valence-electron chi connectivity index (χ3n) is 6.67. The Hall–Kier alpha value is -3.00. The molecule has 3 aromatic rings. The first-order chi connectivity index (χ1) is 18.4. The molecule has 5 rings (SSSR count). The quantitative estimate of drug-likeness (QED) is 0.221. The summed E-state index contributed by atoms with van der Waals surface area (Å²) in [5, 5.41) is 31.1. The summed E-state index contributed by atoms with van der Waals surface area (Å²) in [5.74, 6) is -2.01. The predicted octanol–water partition coefficient (Wildman–Crippen LogP) is 4.46. The molecule has 1 aromatic heterocycles. The minimum atomic E-state index is -1.79. The number of hydrogen-bond donors (Lipinski definition) is 3. The number of aliphatic hydroxyl groups excluding tert-OH is 2. The number of halogens is 4. The van der Waals surface area contributed by atoms with E-state index in [4.69, 9.17) is 4.42 Å². The molecule has 0 saturated carbocycles. The summed E-state index contributed by atoms with van der Waals surface area (Å²) in [4.78, 5) is 6.36. The second kappa shape index (κ2) is 10.2. The maximum atomic E-state index is 15.0. The van der Waals surface area contributed by atoms with Crippen molar-refractivity contribution in [2.75, 3.05) is 4.90 Å². The van der Waals surface area contributed by atoms with Gasteiger partial charge in [-0.25, -0.2) is 0 Å². The molecule has 0 spiro atoms. The monoisotopic (exact) mass is 646 g/mol. The average Bonchev–Trinajstić information content (AvgIpc) is 3.28. The fourth-order valence-corrected chi connectivity index (χ4v) is 5.61. The molecule has 2 aromatic carbocycles. The fraction of sp³-hybridized carbons (Fsp3) is 0.214. The zero-order valence-corrected chi connectivity index (χ0v) is 23.1. The summed E-state index contributed by atoms with van der Waals surface area (Å²) in [5.41, 5.74) is 3.59. The molecule has 11 heteroatoms. The first-order valence-electron chi connectivity index (χ1n) is 12.0. The van der Waals surface area contributed by atoms with Gasteiger partial charge in [-0.15, -0.1) is 0 Å². The SMILES string of the molecule is B=C1C=CC(c2nc(C3=C[C@](O)(I)[C@@H](O)[C@H](O)C3)oc2-c2ccc(F)cc2F)=CN1c1c(C)cc(F)cc1C. The van der Waals surface area contributed by atoms with Crippen molar-refractivity contribution in [2.24, 2.45) is 0 Å². The number of hydrogen-bond acceptors (Lipinski definition) is 6. The van der Waals surface area contributed by atoms with Crippen LogP contribution in [0.1, 0.15) is 29.1 Å². The maximum absolute atomic E-state index is 15.0. The van der Waals surface area contributed by atoms with Crippen molar-refractivity contribution in [1.29, 1.82) is 0 Å². The molecule has 0 saturated heterocycles. The van der Waals surface area contributed by atoms with E-state index in [1.54, 1.807) is 59.7 Å². The molecule has 0 bridgehead atoms. The number of aliphatic hydroxyl groups is 3. The number of rotatable bonds is 4. The Morgan fingerprint density at radius 3 is 2.41 bits per heavy atom. The molecular formula is C28H23BF3IN2O4. The molecule has 1 aliphatic carbocycles. The van der Waals surface area contributed by atoms with Crippen molar-refractivity contribution in [3.8, 4) is 11.3 Å². The van der Waals surface area contributed by atoms with Gasteiger partial charge in [0, 0.05) is 0 Å². The first kappa shape index (κ1) is 27.6. The predicted molar refractivity (Wildman–Crippen MR) is 153 cm³/mol. The van der Waals surface area contributed by atoms with E-state index in [1.807, 2.05) is 0 Å². The summed E-state index contributed by atoms with van der Waals surface area (Å²) in [6.07, 6.45) is 3.66. The topological polar surface area (TPSA) is 90.0 Å². The van der Waals surface area contributed by atoms with Crippen LogP contribution in [0.3, 0.4) is 0 Å². The second-order valence-corrected chi connectivity index (χ2v) is 11.3. The molecule has 3 N–H and O–H groups in total. The molecule has 6 nitrogen and oxygen atoms in total. The first-order valence-corrected chi connectivity index (χ1v) is 13.0. The molecular weight excluding hydrogens is 623 g/mol. The van der Waals surface area contributed by atoms with Gasteiger partial charge in [0.1, 0.15) is 0 Å². The Morgan fingerprint density at radius 2 is 1.77 bits per heavy atom. The summed E-state index contributed by atoms with van der Waals surface area (Å²) < 4.78 is 46.9. The summed E-state index contributed by atoms with van der Waals surface area (Å²) >= 11 is 1.61. The third-order valence-corrected chi connectivity index (χ3v) is 7.62. The third kappa shape index (κ3) is 5.16. The van der Waals surface area contributed by atoms with Crippen LogP contribution in [0.25, 0.3) is 22.5 Å². The number of anilines is 1. The van der Waals surface area contributed by atoms with Crippen LogP contribution in [0.2, 0.25) is 0 Å². The molecule has 2 heterocycles. The second-order valence-electron chi connectivity index (χ2n) is 9.60. The Kier molecular flexibility index (Phi) is 7.21. The zero-order valence-electron chi connectivity index (χ0n) is 20.9. The number of aromatic nitrogens is 1. The van der Waals surface area contributed by atoms with Crippen molar-refractivity contribution < 1.29 is 32.9 Å². The molecule has 0 amide bonds. The molecule has 2 aliphatic rings. The van der Waals surface area contributed by atoms with Crippen LogP contribution in [-0.2, 0) is 0 Å². The standard InChI is InChI=1S/C28H23BF3IN2O4/c1-13-7-18(31)8-14(2)24(13)35-12-15(3-6-22(35)29)23-25(19-5-4-17(30)10-20(19)32)39-27(34-23)16-9-21(36)26(37)28(33,38)11-16/h3-8,10-12,21,26,29,36-38H,9H2,1-2H3/t21-,26+,28-/m1/s1. The van der Waals surface area contributed by atoms with E-state index in [-0.39, 0.29) is 35.1 Å². The van der Waals surface area contributed by atoms with Crippen molar-refractivity contribution >= 4 is 52.5 Å². The number of benzene rings is 2. The van der Waals surface area contributed by atoms with Crippen LogP contribution in [0.4, 0.5) is 18.9 Å². The van der Waals surface area contributed by atoms with E-state index >= 15 is 0 Å². The van der Waals surface area contributed by atoms with Crippen molar-refractivity contribution in [2.45, 2.75) is 36.1 Å². The Balaban J connectivity index is 1.69. The van der Waals surface area contributed by atoms with E-state index in [9.17, 15) is 28.5 Å². The average molecular weight is 646 g/mol. The molecule has 0 unspecified atom stereocenters. The molecule has 0 fully saturated rings. The minimum absolute atomic E-state index is 0.00285. The van der Waals surface area contributed by atoms with Gasteiger partial charge in [-0.05, 0) is 0 Å². The van der Waals surface area contributed by atoms with Crippen LogP contribution in [0, 0.1) is 31.3 Å². The zero-order chi connectivity index (χ0) is 28.2. The molecule has 0 radical (unpaired) electrons. The van der Waals surface area contributed by atoms with Crippen LogP contribution < -0.4 is 4.90 Å². The van der Waals surface area contributed by atoms with Gasteiger partial charge in [0.2, 0.25) is 0 Å². The number of oxazole rings is 1. The number of aryl methyl sites for hydroxylation is 2. The summed E-state index contributed by atoms with van der Waals surface area (Å²) in [6.45, 7) is 3.55. The molecule has 3 atom stereocenters. The van der Waals surface area contributed by atoms with E-state index in [2.05, 4.69) is 12.5 Å². The normalized spacial score (nSPS) is 23.2. The van der Waals surface area contributed by atoms with Gasteiger partial charge in [-0.3, -0.25) is 0 Å². The Morgan fingerprint density at radius 1 is 1.08 bits per heavy atom. The van der Waals surface area contributed by atoms with Crippen LogP contribution in [-0.4, -0.2) is 49.2 Å². The van der Waals surface area contributed by atoms with E-state index in [0.29, 0.717) is 33.5 Å². The number of nitrogens with zero attached hydrogens (tertiary/aromatic N) is 2. The summed E-state index contributed by atoms with van der Waals surface area (Å²) in [6, 6.07) is 5.89. The molecule has 39 heavy (non-hydrogen) atoms. The Bertz CT molecular complexity index is 1570. The van der Waals surface area contributed by atoms with Gasteiger partial charge in [-0.2, -0.15) is 0 Å². The summed E-state index contributed by atoms with van der Waals surface area (Å²) in [7, 11) is 4.09. The van der Waals surface area contributed by atoms with E-state index < -0.39 is 27.5 Å². The number of allylic oxidation sites excluding steroid dienone is 2. The Labute approximate surface area is 237 Å². The van der Waals surface area contributed by atoms with Crippen molar-refractivity contribution in [1.82, 2.24) is 4.98 Å².